The number of phenolic OH excluding ortho intramolecular Hbond substituents is 2. The number of urea groups is 1. The van der Waals surface area contributed by atoms with Crippen molar-refractivity contribution in [2.45, 2.75) is 18.3 Å². The van der Waals surface area contributed by atoms with E-state index >= 15 is 0 Å². The van der Waals surface area contributed by atoms with Gasteiger partial charge in [0.1, 0.15) is 11.5 Å². The van der Waals surface area contributed by atoms with Gasteiger partial charge in [-0.25, -0.2) is 4.79 Å². The fraction of sp³-hybridized carbons (Fsp3) is 0.267. The Morgan fingerprint density at radius 3 is 1.74 bits per heavy atom. The number of nitrogens with zero attached hydrogens (tertiary/aromatic N) is 2. The van der Waals surface area contributed by atoms with Gasteiger partial charge in [-0.2, -0.15) is 0 Å². The van der Waals surface area contributed by atoms with Crippen molar-refractivity contribution in [1.29, 1.82) is 0 Å². The fourth-order valence-corrected chi connectivity index (χ4v) is 6.54. The van der Waals surface area contributed by atoms with Crippen molar-refractivity contribution in [3.05, 3.63) is 71.8 Å². The molecule has 200 valence electrons. The van der Waals surface area contributed by atoms with E-state index in [1.807, 2.05) is 48.5 Å². The van der Waals surface area contributed by atoms with Crippen LogP contribution >= 0.6 is 23.2 Å². The van der Waals surface area contributed by atoms with E-state index in [4.69, 9.17) is 23.2 Å². The van der Waals surface area contributed by atoms with Crippen molar-refractivity contribution in [3.63, 3.8) is 0 Å². The molecule has 0 aliphatic carbocycles. The quantitative estimate of drug-likeness (QED) is 0.259. The smallest absolute Gasteiger partial charge is 0.321 e. The highest BCUT2D eigenvalue weighted by Crippen LogP contribution is 2.46. The van der Waals surface area contributed by atoms with Crippen LogP contribution in [0.3, 0.4) is 0 Å². The van der Waals surface area contributed by atoms with E-state index in [-0.39, 0.29) is 48.2 Å². The predicted molar refractivity (Wildman–Crippen MR) is 156 cm³/mol. The number of hydrogen-bond donors (Lipinski definition) is 3. The number of nitrogens with one attached hydrogen (secondary N) is 1. The summed E-state index contributed by atoms with van der Waals surface area (Å²) in [6.07, 6.45) is 0.0797. The number of carbonyl (C=O) groups is 2. The number of carbonyl (C=O) groups excluding carboxylic acids is 2. The fourth-order valence-electron chi connectivity index (χ4n) is 6.04. The molecule has 2 heterocycles. The molecule has 2 atom stereocenters. The molecule has 0 fully saturated rings. The number of amides is 3. The minimum absolute atomic E-state index is 0.0539. The summed E-state index contributed by atoms with van der Waals surface area (Å²) in [5.74, 6) is 0.606. The summed E-state index contributed by atoms with van der Waals surface area (Å²) in [5, 5.41) is 27.3. The largest absolute Gasteiger partial charge is 0.507 e. The Hall–Kier alpha value is -3.68. The molecular weight excluding hydrogens is 537 g/mol. The highest BCUT2D eigenvalue weighted by atomic mass is 35.5. The van der Waals surface area contributed by atoms with Gasteiger partial charge in [-0.15, -0.1) is 23.2 Å². The van der Waals surface area contributed by atoms with Gasteiger partial charge in [-0.3, -0.25) is 9.69 Å². The molecule has 39 heavy (non-hydrogen) atoms. The maximum absolute atomic E-state index is 13.3. The molecule has 4 aromatic carbocycles. The first-order chi connectivity index (χ1) is 18.9. The molecule has 3 amide bonds. The lowest BCUT2D eigenvalue weighted by Gasteiger charge is -2.21. The molecule has 4 aromatic rings. The Morgan fingerprint density at radius 1 is 0.769 bits per heavy atom. The molecule has 0 saturated heterocycles. The van der Waals surface area contributed by atoms with Crippen LogP contribution in [-0.4, -0.2) is 53.5 Å². The molecule has 2 aliphatic rings. The van der Waals surface area contributed by atoms with E-state index in [2.05, 4.69) is 5.32 Å². The first-order valence-corrected chi connectivity index (χ1v) is 14.0. The molecule has 6 rings (SSSR count). The van der Waals surface area contributed by atoms with E-state index in [9.17, 15) is 19.8 Å². The number of rotatable bonds is 5. The van der Waals surface area contributed by atoms with Crippen LogP contribution in [0.15, 0.2) is 60.7 Å². The topological polar surface area (TPSA) is 93.1 Å². The molecule has 0 bridgehead atoms. The number of anilines is 2. The summed E-state index contributed by atoms with van der Waals surface area (Å²) in [5.41, 5.74) is 3.19. The summed E-state index contributed by atoms with van der Waals surface area (Å²) in [7, 11) is 0. The highest BCUT2D eigenvalue weighted by Gasteiger charge is 2.36. The maximum Gasteiger partial charge on any atom is 0.321 e. The van der Waals surface area contributed by atoms with Crippen molar-refractivity contribution >= 4 is 68.1 Å². The monoisotopic (exact) mass is 563 g/mol. The average molecular weight is 564 g/mol. The van der Waals surface area contributed by atoms with Gasteiger partial charge in [0.25, 0.3) is 0 Å². The second-order valence-corrected chi connectivity index (χ2v) is 10.7. The average Bonchev–Trinajstić information content (AvgIpc) is 3.52. The molecule has 3 N–H and O–H groups in total. The van der Waals surface area contributed by atoms with Crippen molar-refractivity contribution in [2.75, 3.05) is 41.2 Å². The van der Waals surface area contributed by atoms with Crippen molar-refractivity contribution in [3.8, 4) is 11.5 Å². The van der Waals surface area contributed by atoms with Gasteiger partial charge in [0.15, 0.2) is 0 Å². The summed E-state index contributed by atoms with van der Waals surface area (Å²) in [4.78, 5) is 29.7. The van der Waals surface area contributed by atoms with Crippen molar-refractivity contribution in [1.82, 2.24) is 5.32 Å². The van der Waals surface area contributed by atoms with Crippen LogP contribution in [-0.2, 0) is 4.79 Å². The standard InChI is InChI=1S/C30H27Cl2N3O4/c31-13-17-15-34(23-11-25(36)19-5-1-3-7-21(19)28(17)23)27(38)9-10-33-30(39)35-16-18(14-32)29-22-8-4-2-6-20(22)26(37)12-24(29)35/h1-8,11-12,17-18,36-37H,9-10,13-16H2,(H,33,39)/t17-,18-/m1/s1. The van der Waals surface area contributed by atoms with Gasteiger partial charge in [0, 0.05) is 72.6 Å². The molecule has 0 radical (unpaired) electrons. The number of halogens is 2. The summed E-state index contributed by atoms with van der Waals surface area (Å²) in [6, 6.07) is 18.0. The summed E-state index contributed by atoms with van der Waals surface area (Å²) in [6.45, 7) is 0.934. The zero-order chi connectivity index (χ0) is 27.3. The van der Waals surface area contributed by atoms with Crippen LogP contribution in [0.2, 0.25) is 0 Å². The normalized spacial score (nSPS) is 18.0. The summed E-state index contributed by atoms with van der Waals surface area (Å²) >= 11 is 12.6. The van der Waals surface area contributed by atoms with E-state index in [0.29, 0.717) is 36.2 Å². The summed E-state index contributed by atoms with van der Waals surface area (Å²) < 4.78 is 0. The van der Waals surface area contributed by atoms with Crippen molar-refractivity contribution < 1.29 is 19.8 Å². The molecular formula is C30H27Cl2N3O4. The number of hydrogen-bond acceptors (Lipinski definition) is 4. The van der Waals surface area contributed by atoms with E-state index in [0.717, 1.165) is 32.7 Å². The molecule has 0 aromatic heterocycles. The lowest BCUT2D eigenvalue weighted by molar-refractivity contribution is -0.118. The van der Waals surface area contributed by atoms with Crippen LogP contribution in [0.4, 0.5) is 16.2 Å². The molecule has 0 unspecified atom stereocenters. The van der Waals surface area contributed by atoms with Gasteiger partial charge in [-0.05, 0) is 21.9 Å². The highest BCUT2D eigenvalue weighted by molar-refractivity contribution is 6.19. The maximum atomic E-state index is 13.3. The van der Waals surface area contributed by atoms with Gasteiger partial charge < -0.3 is 20.4 Å². The minimum Gasteiger partial charge on any atom is -0.507 e. The molecule has 2 aliphatic heterocycles. The van der Waals surface area contributed by atoms with E-state index in [1.165, 1.54) is 0 Å². The van der Waals surface area contributed by atoms with Crippen LogP contribution < -0.4 is 15.1 Å². The zero-order valence-corrected chi connectivity index (χ0v) is 22.5. The molecule has 7 nitrogen and oxygen atoms in total. The third-order valence-electron chi connectivity index (χ3n) is 7.82. The lowest BCUT2D eigenvalue weighted by atomic mass is 9.95. The first kappa shape index (κ1) is 25.6. The third-order valence-corrected chi connectivity index (χ3v) is 8.57. The van der Waals surface area contributed by atoms with Crippen LogP contribution in [0.5, 0.6) is 11.5 Å². The number of alkyl halides is 2. The Labute approximate surface area is 235 Å². The number of fused-ring (bicyclic) bond motifs is 6. The van der Waals surface area contributed by atoms with Gasteiger partial charge >= 0.3 is 6.03 Å². The van der Waals surface area contributed by atoms with Gasteiger partial charge in [0.05, 0.1) is 11.4 Å². The van der Waals surface area contributed by atoms with Gasteiger partial charge in [-0.1, -0.05) is 48.5 Å². The lowest BCUT2D eigenvalue weighted by Crippen LogP contribution is -2.41. The Balaban J connectivity index is 1.19. The SMILES string of the molecule is O=C(CCNC(=O)N1C[C@@H](CCl)c2c1cc(O)c1ccccc21)N1C[C@@H](CCl)c2c1cc(O)c1ccccc21. The number of aromatic hydroxyl groups is 2. The minimum atomic E-state index is -0.351. The van der Waals surface area contributed by atoms with Crippen LogP contribution in [0.25, 0.3) is 21.5 Å². The Bertz CT molecular complexity index is 1510. The first-order valence-electron chi connectivity index (χ1n) is 12.9. The molecule has 0 spiro atoms. The van der Waals surface area contributed by atoms with Crippen LogP contribution in [0, 0.1) is 0 Å². The van der Waals surface area contributed by atoms with E-state index < -0.39 is 0 Å². The van der Waals surface area contributed by atoms with Gasteiger partial charge in [0.2, 0.25) is 5.91 Å². The third kappa shape index (κ3) is 4.21. The second kappa shape index (κ2) is 10.1. The second-order valence-electron chi connectivity index (χ2n) is 10.0. The number of benzene rings is 4. The van der Waals surface area contributed by atoms with Crippen molar-refractivity contribution in [2.24, 2.45) is 0 Å². The molecule has 0 saturated carbocycles. The molecule has 9 heteroatoms. The Morgan fingerprint density at radius 2 is 1.23 bits per heavy atom. The van der Waals surface area contributed by atoms with E-state index in [1.54, 1.807) is 21.9 Å². The predicted octanol–water partition coefficient (Wildman–Crippen LogP) is 6.02. The zero-order valence-electron chi connectivity index (χ0n) is 21.0. The van der Waals surface area contributed by atoms with Crippen LogP contribution in [0.1, 0.15) is 29.4 Å². The number of phenols is 2. The Kier molecular flexibility index (Phi) is 6.65.